The minimum atomic E-state index is -4.42. The Morgan fingerprint density at radius 1 is 0.972 bits per heavy atom. The van der Waals surface area contributed by atoms with E-state index in [-0.39, 0.29) is 35.5 Å². The number of amides is 1. The molecule has 2 saturated heterocycles. The van der Waals surface area contributed by atoms with Crippen LogP contribution in [0.15, 0.2) is 42.5 Å². The maximum absolute atomic E-state index is 14.1. The first kappa shape index (κ1) is 26.7. The van der Waals surface area contributed by atoms with E-state index in [4.69, 9.17) is 11.6 Å². The summed E-state index contributed by atoms with van der Waals surface area (Å²) >= 11 is 5.98. The number of anilines is 1. The van der Waals surface area contributed by atoms with Gasteiger partial charge in [-0.1, -0.05) is 23.7 Å². The molecule has 4 rings (SSSR count). The molecule has 0 aromatic heterocycles. The molecule has 0 atom stereocenters. The number of carbonyl (C=O) groups is 1. The highest BCUT2D eigenvalue weighted by atomic mass is 35.5. The molecule has 2 heterocycles. The Morgan fingerprint density at radius 3 is 2.22 bits per heavy atom. The standard InChI is InChI=1S/C24H26ClF4N3O3S/c25-21-5-2-6-22(26)20(21)16-36(34,35)32-9-7-17(8-10-32)23(33)31-13-11-30(12-14-31)19-4-1-3-18(15-19)24(27,28)29/h1-6,15,17H,7-14,16H2. The Morgan fingerprint density at radius 2 is 1.61 bits per heavy atom. The van der Waals surface area contributed by atoms with Crippen molar-refractivity contribution in [2.24, 2.45) is 5.92 Å². The summed E-state index contributed by atoms with van der Waals surface area (Å²) in [6, 6.07) is 9.14. The van der Waals surface area contributed by atoms with E-state index in [2.05, 4.69) is 0 Å². The molecule has 2 aliphatic rings. The summed E-state index contributed by atoms with van der Waals surface area (Å²) in [6.45, 7) is 1.86. The number of benzene rings is 2. The van der Waals surface area contributed by atoms with Crippen molar-refractivity contribution >= 4 is 33.2 Å². The van der Waals surface area contributed by atoms with Crippen LogP contribution in [-0.4, -0.2) is 62.8 Å². The summed E-state index contributed by atoms with van der Waals surface area (Å²) < 4.78 is 80.0. The van der Waals surface area contributed by atoms with E-state index in [1.54, 1.807) is 11.0 Å². The molecule has 0 spiro atoms. The van der Waals surface area contributed by atoms with E-state index in [0.29, 0.717) is 44.7 Å². The van der Waals surface area contributed by atoms with Gasteiger partial charge >= 0.3 is 6.18 Å². The van der Waals surface area contributed by atoms with Gasteiger partial charge < -0.3 is 9.80 Å². The Bertz CT molecular complexity index is 1190. The number of rotatable bonds is 5. The second-order valence-electron chi connectivity index (χ2n) is 8.99. The summed E-state index contributed by atoms with van der Waals surface area (Å²) in [5.41, 5.74) is -0.320. The monoisotopic (exact) mass is 547 g/mol. The third-order valence-electron chi connectivity index (χ3n) is 6.71. The SMILES string of the molecule is O=C(C1CCN(S(=O)(=O)Cc2c(F)cccc2Cl)CC1)N1CCN(c2cccc(C(F)(F)F)c2)CC1. The number of piperazine rings is 1. The quantitative estimate of drug-likeness (QED) is 0.521. The van der Waals surface area contributed by atoms with Crippen LogP contribution in [0.3, 0.4) is 0 Å². The maximum Gasteiger partial charge on any atom is 0.416 e. The topological polar surface area (TPSA) is 60.9 Å². The van der Waals surface area contributed by atoms with Crippen molar-refractivity contribution in [1.29, 1.82) is 0 Å². The van der Waals surface area contributed by atoms with E-state index in [1.165, 1.54) is 22.5 Å². The molecular formula is C24H26ClF4N3O3S. The van der Waals surface area contributed by atoms with Crippen molar-refractivity contribution in [3.8, 4) is 0 Å². The van der Waals surface area contributed by atoms with Gasteiger partial charge in [0, 0.05) is 61.5 Å². The van der Waals surface area contributed by atoms with Crippen LogP contribution in [0, 0.1) is 11.7 Å². The molecule has 0 radical (unpaired) electrons. The Labute approximate surface area is 212 Å². The Kier molecular flexibility index (Phi) is 7.82. The highest BCUT2D eigenvalue weighted by molar-refractivity contribution is 7.88. The summed E-state index contributed by atoms with van der Waals surface area (Å²) in [6.07, 6.45) is -3.73. The zero-order valence-corrected chi connectivity index (χ0v) is 20.9. The Hall–Kier alpha value is -2.37. The van der Waals surface area contributed by atoms with Gasteiger partial charge in [0.2, 0.25) is 15.9 Å². The lowest BCUT2D eigenvalue weighted by Crippen LogP contribution is -2.52. The molecule has 12 heteroatoms. The lowest BCUT2D eigenvalue weighted by atomic mass is 9.96. The lowest BCUT2D eigenvalue weighted by molar-refractivity contribution is -0.137. The van der Waals surface area contributed by atoms with Crippen molar-refractivity contribution < 1.29 is 30.8 Å². The number of hydrogen-bond acceptors (Lipinski definition) is 4. The number of halogens is 5. The number of hydrogen-bond donors (Lipinski definition) is 0. The maximum atomic E-state index is 14.1. The summed E-state index contributed by atoms with van der Waals surface area (Å²) in [5, 5.41) is 0.0490. The van der Waals surface area contributed by atoms with Gasteiger partial charge in [-0.2, -0.15) is 13.2 Å². The van der Waals surface area contributed by atoms with Gasteiger partial charge in [-0.05, 0) is 43.2 Å². The van der Waals surface area contributed by atoms with Crippen molar-refractivity contribution in [2.45, 2.75) is 24.8 Å². The molecule has 2 aromatic rings. The highest BCUT2D eigenvalue weighted by Crippen LogP contribution is 2.32. The largest absolute Gasteiger partial charge is 0.416 e. The molecule has 0 bridgehead atoms. The van der Waals surface area contributed by atoms with Crippen molar-refractivity contribution in [3.63, 3.8) is 0 Å². The van der Waals surface area contributed by atoms with Gasteiger partial charge in [0.25, 0.3) is 0 Å². The summed E-state index contributed by atoms with van der Waals surface area (Å²) in [7, 11) is -3.81. The molecule has 6 nitrogen and oxygen atoms in total. The average Bonchev–Trinajstić information content (AvgIpc) is 2.86. The molecule has 0 aliphatic carbocycles. The van der Waals surface area contributed by atoms with Crippen LogP contribution in [0.2, 0.25) is 5.02 Å². The third kappa shape index (κ3) is 5.95. The molecular weight excluding hydrogens is 522 g/mol. The fraction of sp³-hybridized carbons (Fsp3) is 0.458. The van der Waals surface area contributed by atoms with Crippen molar-refractivity contribution in [3.05, 3.63) is 64.4 Å². The van der Waals surface area contributed by atoms with Crippen molar-refractivity contribution in [2.75, 3.05) is 44.2 Å². The van der Waals surface area contributed by atoms with Crippen LogP contribution >= 0.6 is 11.6 Å². The van der Waals surface area contributed by atoms with Crippen LogP contribution in [-0.2, 0) is 26.7 Å². The van der Waals surface area contributed by atoms with E-state index in [9.17, 15) is 30.8 Å². The number of sulfonamides is 1. The normalized spacial score (nSPS) is 18.5. The molecule has 196 valence electrons. The molecule has 2 aliphatic heterocycles. The van der Waals surface area contributed by atoms with E-state index in [0.717, 1.165) is 18.2 Å². The number of carbonyl (C=O) groups excluding carboxylic acids is 1. The predicted molar refractivity (Wildman–Crippen MR) is 129 cm³/mol. The van der Waals surface area contributed by atoms with Gasteiger partial charge in [-0.3, -0.25) is 4.79 Å². The minimum absolute atomic E-state index is 0.0490. The van der Waals surface area contributed by atoms with E-state index in [1.807, 2.05) is 4.90 Å². The number of piperidine rings is 1. The summed E-state index contributed by atoms with van der Waals surface area (Å²) in [5.74, 6) is -1.64. The van der Waals surface area contributed by atoms with Gasteiger partial charge in [-0.25, -0.2) is 17.1 Å². The van der Waals surface area contributed by atoms with Crippen molar-refractivity contribution in [1.82, 2.24) is 9.21 Å². The fourth-order valence-electron chi connectivity index (χ4n) is 4.65. The molecule has 0 unspecified atom stereocenters. The predicted octanol–water partition coefficient (Wildman–Crippen LogP) is 4.39. The van der Waals surface area contributed by atoms with Crippen LogP contribution in [0.4, 0.5) is 23.2 Å². The fourth-order valence-corrected chi connectivity index (χ4v) is 6.56. The Balaban J connectivity index is 1.30. The lowest BCUT2D eigenvalue weighted by Gasteiger charge is -2.39. The van der Waals surface area contributed by atoms with Crippen LogP contribution in [0.5, 0.6) is 0 Å². The van der Waals surface area contributed by atoms with Crippen LogP contribution < -0.4 is 4.90 Å². The van der Waals surface area contributed by atoms with E-state index >= 15 is 0 Å². The second kappa shape index (κ2) is 10.5. The first-order chi connectivity index (χ1) is 17.0. The molecule has 36 heavy (non-hydrogen) atoms. The third-order valence-corrected chi connectivity index (χ3v) is 8.87. The van der Waals surface area contributed by atoms with Gasteiger partial charge in [0.15, 0.2) is 0 Å². The molecule has 0 saturated carbocycles. The van der Waals surface area contributed by atoms with Crippen LogP contribution in [0.1, 0.15) is 24.0 Å². The minimum Gasteiger partial charge on any atom is -0.368 e. The zero-order chi connectivity index (χ0) is 26.1. The summed E-state index contributed by atoms with van der Waals surface area (Å²) in [4.78, 5) is 16.6. The first-order valence-electron chi connectivity index (χ1n) is 11.6. The first-order valence-corrected chi connectivity index (χ1v) is 13.6. The molecule has 2 fully saturated rings. The number of nitrogens with zero attached hydrogens (tertiary/aromatic N) is 3. The zero-order valence-electron chi connectivity index (χ0n) is 19.3. The molecule has 2 aromatic carbocycles. The highest BCUT2D eigenvalue weighted by Gasteiger charge is 2.35. The van der Waals surface area contributed by atoms with Crippen LogP contribution in [0.25, 0.3) is 0 Å². The van der Waals surface area contributed by atoms with Gasteiger partial charge in [0.1, 0.15) is 5.82 Å². The molecule has 0 N–H and O–H groups in total. The second-order valence-corrected chi connectivity index (χ2v) is 11.4. The number of alkyl halides is 3. The average molecular weight is 548 g/mol. The van der Waals surface area contributed by atoms with Gasteiger partial charge in [0.05, 0.1) is 11.3 Å². The smallest absolute Gasteiger partial charge is 0.368 e. The van der Waals surface area contributed by atoms with Gasteiger partial charge in [-0.15, -0.1) is 0 Å². The molecule has 1 amide bonds. The van der Waals surface area contributed by atoms with E-state index < -0.39 is 33.3 Å².